The topological polar surface area (TPSA) is 86.9 Å². The van der Waals surface area contributed by atoms with Gasteiger partial charge in [-0.1, -0.05) is 36.4 Å². The van der Waals surface area contributed by atoms with Crippen LogP contribution in [0.3, 0.4) is 0 Å². The molecule has 0 bridgehead atoms. The number of aromatic amines is 1. The molecule has 0 aliphatic rings. The molecule has 3 N–H and O–H groups in total. The molecule has 6 nitrogen and oxygen atoms in total. The van der Waals surface area contributed by atoms with E-state index in [2.05, 4.69) is 20.8 Å². The van der Waals surface area contributed by atoms with Crippen LogP contribution in [0.15, 0.2) is 54.7 Å². The Kier molecular flexibility index (Phi) is 5.25. The van der Waals surface area contributed by atoms with Gasteiger partial charge in [0.05, 0.1) is 17.9 Å². The van der Waals surface area contributed by atoms with Crippen LogP contribution in [0.1, 0.15) is 40.8 Å². The van der Waals surface area contributed by atoms with Crippen LogP contribution in [-0.2, 0) is 0 Å². The fourth-order valence-electron chi connectivity index (χ4n) is 2.55. The van der Waals surface area contributed by atoms with Gasteiger partial charge in [-0.2, -0.15) is 5.10 Å². The Morgan fingerprint density at radius 1 is 1.04 bits per heavy atom. The SMILES string of the molecule is CC(NC(=O)c1[nH]ncc1NC(=O)c1c(F)cccc1F)c1ccccc1.[HH]. The third-order valence-electron chi connectivity index (χ3n) is 3.95. The minimum Gasteiger partial charge on any atom is -0.344 e. The van der Waals surface area contributed by atoms with Gasteiger partial charge in [-0.25, -0.2) is 8.78 Å². The number of rotatable bonds is 5. The van der Waals surface area contributed by atoms with Crippen LogP contribution < -0.4 is 10.6 Å². The van der Waals surface area contributed by atoms with E-state index in [9.17, 15) is 18.4 Å². The summed E-state index contributed by atoms with van der Waals surface area (Å²) in [5.41, 5.74) is 0.149. The summed E-state index contributed by atoms with van der Waals surface area (Å²) < 4.78 is 27.5. The maximum atomic E-state index is 13.7. The van der Waals surface area contributed by atoms with Gasteiger partial charge >= 0.3 is 0 Å². The average molecular weight is 372 g/mol. The van der Waals surface area contributed by atoms with Crippen molar-refractivity contribution in [2.45, 2.75) is 13.0 Å². The highest BCUT2D eigenvalue weighted by Gasteiger charge is 2.22. The van der Waals surface area contributed by atoms with Crippen molar-refractivity contribution in [1.82, 2.24) is 15.5 Å². The van der Waals surface area contributed by atoms with E-state index in [1.807, 2.05) is 30.3 Å². The maximum Gasteiger partial charge on any atom is 0.271 e. The van der Waals surface area contributed by atoms with Gasteiger partial charge in [0.2, 0.25) is 0 Å². The number of hydrogen-bond acceptors (Lipinski definition) is 3. The second-order valence-electron chi connectivity index (χ2n) is 5.82. The number of aromatic nitrogens is 2. The van der Waals surface area contributed by atoms with Crippen LogP contribution in [-0.4, -0.2) is 22.0 Å². The number of amides is 2. The highest BCUT2D eigenvalue weighted by molar-refractivity contribution is 6.08. The third kappa shape index (κ3) is 4.00. The molecule has 1 heterocycles. The van der Waals surface area contributed by atoms with Crippen LogP contribution in [0, 0.1) is 11.6 Å². The van der Waals surface area contributed by atoms with Gasteiger partial charge in [0, 0.05) is 1.43 Å². The summed E-state index contributed by atoms with van der Waals surface area (Å²) in [7, 11) is 0. The zero-order chi connectivity index (χ0) is 19.4. The lowest BCUT2D eigenvalue weighted by molar-refractivity contribution is 0.0935. The molecule has 2 amide bonds. The molecular weight excluding hydrogens is 354 g/mol. The molecule has 0 spiro atoms. The van der Waals surface area contributed by atoms with Crippen molar-refractivity contribution < 1.29 is 19.8 Å². The first kappa shape index (κ1) is 18.2. The van der Waals surface area contributed by atoms with Gasteiger partial charge < -0.3 is 10.6 Å². The van der Waals surface area contributed by atoms with Gasteiger partial charge in [-0.3, -0.25) is 14.7 Å². The highest BCUT2D eigenvalue weighted by atomic mass is 19.1. The number of carbonyl (C=O) groups is 2. The molecule has 3 rings (SSSR count). The molecule has 8 heteroatoms. The smallest absolute Gasteiger partial charge is 0.271 e. The van der Waals surface area contributed by atoms with Crippen LogP contribution in [0.5, 0.6) is 0 Å². The zero-order valence-electron chi connectivity index (χ0n) is 14.3. The van der Waals surface area contributed by atoms with Crippen molar-refractivity contribution >= 4 is 17.5 Å². The van der Waals surface area contributed by atoms with Crippen molar-refractivity contribution in [3.63, 3.8) is 0 Å². The monoisotopic (exact) mass is 372 g/mol. The summed E-state index contributed by atoms with van der Waals surface area (Å²) in [5, 5.41) is 11.3. The number of carbonyl (C=O) groups excluding carboxylic acids is 2. The number of nitrogens with one attached hydrogen (secondary N) is 3. The predicted molar refractivity (Wildman–Crippen MR) is 97.3 cm³/mol. The average Bonchev–Trinajstić information content (AvgIpc) is 3.10. The van der Waals surface area contributed by atoms with E-state index in [1.165, 1.54) is 6.20 Å². The molecular formula is C19H18F2N4O2. The van der Waals surface area contributed by atoms with Gasteiger partial charge in [-0.15, -0.1) is 0 Å². The largest absolute Gasteiger partial charge is 0.344 e. The van der Waals surface area contributed by atoms with Gasteiger partial charge in [0.1, 0.15) is 22.9 Å². The van der Waals surface area contributed by atoms with E-state index in [0.717, 1.165) is 23.8 Å². The molecule has 0 aliphatic carbocycles. The Balaban J connectivity index is 0.00000280. The van der Waals surface area contributed by atoms with E-state index in [4.69, 9.17) is 0 Å². The standard InChI is InChI=1S/C19H16F2N4O2.H2/c1-11(12-6-3-2-4-7-12)23-19(27)17-15(10-22-25-17)24-18(26)16-13(20)8-5-9-14(16)21;/h2-11H,1H3,(H,22,25)(H,23,27)(H,24,26);1H. The number of benzene rings is 2. The predicted octanol–water partition coefficient (Wildman–Crippen LogP) is 3.68. The molecule has 1 atom stereocenters. The molecule has 0 saturated carbocycles. The molecule has 2 aromatic carbocycles. The molecule has 1 aromatic heterocycles. The van der Waals surface area contributed by atoms with E-state index >= 15 is 0 Å². The van der Waals surface area contributed by atoms with Crippen molar-refractivity contribution in [3.05, 3.63) is 83.2 Å². The van der Waals surface area contributed by atoms with Gasteiger partial charge in [0.15, 0.2) is 0 Å². The maximum absolute atomic E-state index is 13.7. The third-order valence-corrected chi connectivity index (χ3v) is 3.95. The Bertz CT molecular complexity index is 959. The van der Waals surface area contributed by atoms with Crippen LogP contribution >= 0.6 is 0 Å². The summed E-state index contributed by atoms with van der Waals surface area (Å²) in [5.74, 6) is -3.54. The fraction of sp³-hybridized carbons (Fsp3) is 0.105. The van der Waals surface area contributed by atoms with Crippen molar-refractivity contribution in [2.24, 2.45) is 0 Å². The summed E-state index contributed by atoms with van der Waals surface area (Å²) in [4.78, 5) is 24.7. The minimum absolute atomic E-state index is 0. The first-order chi connectivity index (χ1) is 13.0. The molecule has 1 unspecified atom stereocenters. The first-order valence-corrected chi connectivity index (χ1v) is 8.12. The second-order valence-corrected chi connectivity index (χ2v) is 5.82. The van der Waals surface area contributed by atoms with Gasteiger partial charge in [0.25, 0.3) is 11.8 Å². The van der Waals surface area contributed by atoms with E-state index < -0.39 is 29.0 Å². The van der Waals surface area contributed by atoms with Crippen molar-refractivity contribution in [3.8, 4) is 0 Å². The van der Waals surface area contributed by atoms with Crippen molar-refractivity contribution in [2.75, 3.05) is 5.32 Å². The number of halogens is 2. The van der Waals surface area contributed by atoms with Crippen LogP contribution in [0.2, 0.25) is 0 Å². The minimum atomic E-state index is -1.02. The Morgan fingerprint density at radius 3 is 2.37 bits per heavy atom. The number of hydrogen-bond donors (Lipinski definition) is 3. The Labute approximate surface area is 155 Å². The number of nitrogens with zero attached hydrogens (tertiary/aromatic N) is 1. The van der Waals surface area contributed by atoms with Crippen LogP contribution in [0.4, 0.5) is 14.5 Å². The second kappa shape index (κ2) is 7.77. The van der Waals surface area contributed by atoms with Crippen molar-refractivity contribution in [1.29, 1.82) is 0 Å². The lowest BCUT2D eigenvalue weighted by Crippen LogP contribution is -2.28. The lowest BCUT2D eigenvalue weighted by Gasteiger charge is -2.14. The number of H-pyrrole nitrogens is 1. The molecule has 0 fully saturated rings. The summed E-state index contributed by atoms with van der Waals surface area (Å²) in [6.45, 7) is 1.80. The number of anilines is 1. The van der Waals surface area contributed by atoms with Gasteiger partial charge in [-0.05, 0) is 24.6 Å². The summed E-state index contributed by atoms with van der Waals surface area (Å²) in [6.07, 6.45) is 1.19. The lowest BCUT2D eigenvalue weighted by atomic mass is 10.1. The zero-order valence-corrected chi connectivity index (χ0v) is 14.3. The van der Waals surface area contributed by atoms with Crippen LogP contribution in [0.25, 0.3) is 0 Å². The van der Waals surface area contributed by atoms with E-state index in [-0.39, 0.29) is 18.8 Å². The molecule has 3 aromatic rings. The summed E-state index contributed by atoms with van der Waals surface area (Å²) >= 11 is 0. The fourth-order valence-corrected chi connectivity index (χ4v) is 2.55. The highest BCUT2D eigenvalue weighted by Crippen LogP contribution is 2.18. The normalized spacial score (nSPS) is 11.7. The molecule has 0 saturated heterocycles. The Morgan fingerprint density at radius 2 is 1.70 bits per heavy atom. The quantitative estimate of drug-likeness (QED) is 0.639. The molecule has 0 radical (unpaired) electrons. The molecule has 140 valence electrons. The molecule has 0 aliphatic heterocycles. The van der Waals surface area contributed by atoms with E-state index in [1.54, 1.807) is 6.92 Å². The molecule has 27 heavy (non-hydrogen) atoms. The van der Waals surface area contributed by atoms with E-state index in [0.29, 0.717) is 0 Å². The Hall–Kier alpha value is -3.55. The summed E-state index contributed by atoms with van der Waals surface area (Å²) in [6, 6.07) is 12.1. The first-order valence-electron chi connectivity index (χ1n) is 8.12.